The summed E-state index contributed by atoms with van der Waals surface area (Å²) in [6.07, 6.45) is 7.27. The normalized spacial score (nSPS) is 27.0. The van der Waals surface area contributed by atoms with E-state index in [-0.39, 0.29) is 12.6 Å². The molecule has 1 saturated carbocycles. The predicted molar refractivity (Wildman–Crippen MR) is 65.5 cm³/mol. The van der Waals surface area contributed by atoms with Gasteiger partial charge in [0.2, 0.25) is 0 Å². The summed E-state index contributed by atoms with van der Waals surface area (Å²) in [4.78, 5) is 0. The summed E-state index contributed by atoms with van der Waals surface area (Å²) >= 11 is 0. The van der Waals surface area contributed by atoms with Crippen molar-refractivity contribution in [3.8, 4) is 0 Å². The standard InChI is InChI=1S/C12H22N4O/c1-9(7-17)16-8-14-15-12(16)6-10-2-4-11(13)5-3-10/h8-11,17H,2-7,13H2,1H3. The van der Waals surface area contributed by atoms with Gasteiger partial charge in [-0.15, -0.1) is 10.2 Å². The lowest BCUT2D eigenvalue weighted by atomic mass is 9.84. The third-order valence-corrected chi connectivity index (χ3v) is 3.75. The van der Waals surface area contributed by atoms with Gasteiger partial charge in [-0.2, -0.15) is 0 Å². The number of rotatable bonds is 4. The third-order valence-electron chi connectivity index (χ3n) is 3.75. The lowest BCUT2D eigenvalue weighted by Crippen LogP contribution is -2.28. The van der Waals surface area contributed by atoms with E-state index in [1.807, 2.05) is 11.5 Å². The Morgan fingerprint density at radius 3 is 2.82 bits per heavy atom. The van der Waals surface area contributed by atoms with Crippen molar-refractivity contribution in [1.82, 2.24) is 14.8 Å². The van der Waals surface area contributed by atoms with Gasteiger partial charge in [0.1, 0.15) is 12.2 Å². The Hall–Kier alpha value is -0.940. The van der Waals surface area contributed by atoms with E-state index in [0.29, 0.717) is 12.0 Å². The number of aromatic nitrogens is 3. The quantitative estimate of drug-likeness (QED) is 0.816. The zero-order chi connectivity index (χ0) is 12.3. The smallest absolute Gasteiger partial charge is 0.133 e. The van der Waals surface area contributed by atoms with Crippen molar-refractivity contribution in [2.45, 2.75) is 51.1 Å². The molecule has 1 atom stereocenters. The van der Waals surface area contributed by atoms with E-state index in [2.05, 4.69) is 10.2 Å². The van der Waals surface area contributed by atoms with E-state index in [9.17, 15) is 5.11 Å². The van der Waals surface area contributed by atoms with E-state index >= 15 is 0 Å². The Kier molecular flexibility index (Phi) is 4.12. The molecule has 3 N–H and O–H groups in total. The lowest BCUT2D eigenvalue weighted by molar-refractivity contribution is 0.233. The average Bonchev–Trinajstić information content (AvgIpc) is 2.79. The molecule has 0 bridgehead atoms. The van der Waals surface area contributed by atoms with Crippen LogP contribution in [0.4, 0.5) is 0 Å². The van der Waals surface area contributed by atoms with Crippen LogP contribution in [-0.4, -0.2) is 32.5 Å². The summed E-state index contributed by atoms with van der Waals surface area (Å²) in [6.45, 7) is 2.10. The fourth-order valence-corrected chi connectivity index (χ4v) is 2.52. The molecule has 1 aliphatic carbocycles. The number of aliphatic hydroxyl groups excluding tert-OH is 1. The molecule has 96 valence electrons. The zero-order valence-corrected chi connectivity index (χ0v) is 10.4. The van der Waals surface area contributed by atoms with Gasteiger partial charge in [0.25, 0.3) is 0 Å². The van der Waals surface area contributed by atoms with Gasteiger partial charge in [-0.25, -0.2) is 0 Å². The fourth-order valence-electron chi connectivity index (χ4n) is 2.52. The summed E-state index contributed by atoms with van der Waals surface area (Å²) in [5.41, 5.74) is 5.90. The van der Waals surface area contributed by atoms with Crippen LogP contribution >= 0.6 is 0 Å². The van der Waals surface area contributed by atoms with Gasteiger partial charge in [-0.1, -0.05) is 0 Å². The van der Waals surface area contributed by atoms with Crippen LogP contribution in [-0.2, 0) is 6.42 Å². The zero-order valence-electron chi connectivity index (χ0n) is 10.4. The molecule has 1 unspecified atom stereocenters. The van der Waals surface area contributed by atoms with Crippen LogP contribution in [0.1, 0.15) is 44.5 Å². The van der Waals surface area contributed by atoms with Crippen LogP contribution in [0.25, 0.3) is 0 Å². The van der Waals surface area contributed by atoms with Gasteiger partial charge < -0.3 is 15.4 Å². The summed E-state index contributed by atoms with van der Waals surface area (Å²) in [6, 6.07) is 0.450. The minimum absolute atomic E-state index is 0.0610. The molecule has 1 fully saturated rings. The number of hydrogen-bond donors (Lipinski definition) is 2. The van der Waals surface area contributed by atoms with Crippen molar-refractivity contribution < 1.29 is 5.11 Å². The number of hydrogen-bond acceptors (Lipinski definition) is 4. The van der Waals surface area contributed by atoms with Crippen LogP contribution in [0, 0.1) is 5.92 Å². The van der Waals surface area contributed by atoms with Crippen LogP contribution in [0.15, 0.2) is 6.33 Å². The van der Waals surface area contributed by atoms with Crippen LogP contribution < -0.4 is 5.73 Å². The summed E-state index contributed by atoms with van der Waals surface area (Å²) in [7, 11) is 0. The highest BCUT2D eigenvalue weighted by Gasteiger charge is 2.21. The molecule has 1 aliphatic rings. The van der Waals surface area contributed by atoms with Crippen LogP contribution in [0.5, 0.6) is 0 Å². The van der Waals surface area contributed by atoms with E-state index in [1.54, 1.807) is 6.33 Å². The highest BCUT2D eigenvalue weighted by molar-refractivity contribution is 4.92. The molecule has 0 spiro atoms. The highest BCUT2D eigenvalue weighted by Crippen LogP contribution is 2.26. The van der Waals surface area contributed by atoms with Gasteiger partial charge in [0.15, 0.2) is 0 Å². The molecule has 0 aromatic carbocycles. The van der Waals surface area contributed by atoms with Crippen molar-refractivity contribution in [1.29, 1.82) is 0 Å². The lowest BCUT2D eigenvalue weighted by Gasteiger charge is -2.26. The van der Waals surface area contributed by atoms with Gasteiger partial charge in [0, 0.05) is 12.5 Å². The molecule has 0 radical (unpaired) electrons. The summed E-state index contributed by atoms with van der Waals surface area (Å²) in [5, 5.41) is 17.3. The maximum absolute atomic E-state index is 9.18. The van der Waals surface area contributed by atoms with E-state index < -0.39 is 0 Å². The van der Waals surface area contributed by atoms with Gasteiger partial charge in [-0.3, -0.25) is 0 Å². The number of nitrogens with zero attached hydrogens (tertiary/aromatic N) is 3. The first-order valence-corrected chi connectivity index (χ1v) is 6.45. The topological polar surface area (TPSA) is 77.0 Å². The van der Waals surface area contributed by atoms with Crippen molar-refractivity contribution in [2.75, 3.05) is 6.61 Å². The molecule has 1 aromatic rings. The maximum Gasteiger partial charge on any atom is 0.133 e. The Morgan fingerprint density at radius 1 is 1.47 bits per heavy atom. The van der Waals surface area contributed by atoms with E-state index in [0.717, 1.165) is 25.1 Å². The first kappa shape index (κ1) is 12.5. The van der Waals surface area contributed by atoms with Crippen molar-refractivity contribution in [3.05, 3.63) is 12.2 Å². The molecule has 5 heteroatoms. The van der Waals surface area contributed by atoms with Gasteiger partial charge in [-0.05, 0) is 38.5 Å². The Morgan fingerprint density at radius 2 is 2.18 bits per heavy atom. The second-order valence-electron chi connectivity index (χ2n) is 5.17. The number of aliphatic hydroxyl groups is 1. The second kappa shape index (κ2) is 5.60. The van der Waals surface area contributed by atoms with E-state index in [1.165, 1.54) is 12.8 Å². The molecule has 0 saturated heterocycles. The Labute approximate surface area is 102 Å². The number of nitrogens with two attached hydrogens (primary N) is 1. The third kappa shape index (κ3) is 3.04. The molecular weight excluding hydrogens is 216 g/mol. The van der Waals surface area contributed by atoms with Crippen LogP contribution in [0.3, 0.4) is 0 Å². The molecule has 1 aromatic heterocycles. The molecular formula is C12H22N4O. The van der Waals surface area contributed by atoms with Gasteiger partial charge in [0.05, 0.1) is 12.6 Å². The minimum atomic E-state index is 0.0610. The van der Waals surface area contributed by atoms with Crippen LogP contribution in [0.2, 0.25) is 0 Å². The maximum atomic E-state index is 9.18. The minimum Gasteiger partial charge on any atom is -0.394 e. The second-order valence-corrected chi connectivity index (χ2v) is 5.17. The SMILES string of the molecule is CC(CO)n1cnnc1CC1CCC(N)CC1. The summed E-state index contributed by atoms with van der Waals surface area (Å²) in [5.74, 6) is 1.66. The predicted octanol–water partition coefficient (Wildman–Crippen LogP) is 0.891. The Bertz CT molecular complexity index is 344. The first-order chi connectivity index (χ1) is 8.20. The first-order valence-electron chi connectivity index (χ1n) is 6.45. The molecule has 0 amide bonds. The monoisotopic (exact) mass is 238 g/mol. The molecule has 2 rings (SSSR count). The highest BCUT2D eigenvalue weighted by atomic mass is 16.3. The van der Waals surface area contributed by atoms with Crippen molar-refractivity contribution in [2.24, 2.45) is 11.7 Å². The summed E-state index contributed by atoms with van der Waals surface area (Å²) < 4.78 is 1.98. The molecule has 0 aliphatic heterocycles. The van der Waals surface area contributed by atoms with Gasteiger partial charge >= 0.3 is 0 Å². The largest absolute Gasteiger partial charge is 0.394 e. The Balaban J connectivity index is 1.96. The fraction of sp³-hybridized carbons (Fsp3) is 0.833. The molecule has 5 nitrogen and oxygen atoms in total. The van der Waals surface area contributed by atoms with Crippen molar-refractivity contribution >= 4 is 0 Å². The van der Waals surface area contributed by atoms with E-state index in [4.69, 9.17) is 5.73 Å². The van der Waals surface area contributed by atoms with Crippen molar-refractivity contribution in [3.63, 3.8) is 0 Å². The average molecular weight is 238 g/mol. The molecule has 1 heterocycles. The molecule has 17 heavy (non-hydrogen) atoms.